The molecule has 0 aliphatic heterocycles. The van der Waals surface area contributed by atoms with Crippen LogP contribution in [0.1, 0.15) is 58.3 Å². The molecule has 3 fully saturated rings. The van der Waals surface area contributed by atoms with Crippen LogP contribution in [0.15, 0.2) is 16.8 Å². The van der Waals surface area contributed by atoms with Crippen molar-refractivity contribution in [3.05, 3.63) is 11.6 Å². The predicted octanol–water partition coefficient (Wildman–Crippen LogP) is 3.53. The molecule has 4 rings (SSSR count). The van der Waals surface area contributed by atoms with Crippen molar-refractivity contribution in [2.24, 2.45) is 33.7 Å². The number of carbonyl (C=O) groups is 2. The van der Waals surface area contributed by atoms with E-state index in [1.54, 1.807) is 6.21 Å². The molecule has 3 saturated carbocycles. The van der Waals surface area contributed by atoms with E-state index in [9.17, 15) is 14.8 Å². The highest BCUT2D eigenvalue weighted by Crippen LogP contribution is 2.63. The molecule has 0 amide bonds. The van der Waals surface area contributed by atoms with Crippen LogP contribution in [0.25, 0.3) is 0 Å². The summed E-state index contributed by atoms with van der Waals surface area (Å²) in [5.74, 6) is 2.09. The fourth-order valence-electron chi connectivity index (χ4n) is 6.31. The van der Waals surface area contributed by atoms with E-state index in [0.717, 1.165) is 38.5 Å². The van der Waals surface area contributed by atoms with Crippen molar-refractivity contribution < 1.29 is 14.8 Å². The zero-order valence-corrected chi connectivity index (χ0v) is 13.8. The van der Waals surface area contributed by atoms with Gasteiger partial charge in [0.25, 0.3) is 0 Å². The summed E-state index contributed by atoms with van der Waals surface area (Å²) in [6.07, 6.45) is 10.4. The summed E-state index contributed by atoms with van der Waals surface area (Å²) >= 11 is 0. The normalized spacial score (nSPS) is 46.3. The monoisotopic (exact) mass is 315 g/mol. The highest BCUT2D eigenvalue weighted by molar-refractivity contribution is 5.88. The lowest BCUT2D eigenvalue weighted by atomic mass is 9.48. The number of hydrogen-bond acceptors (Lipinski definition) is 4. The zero-order chi connectivity index (χ0) is 16.2. The molecule has 0 radical (unpaired) electrons. The molecule has 23 heavy (non-hydrogen) atoms. The van der Waals surface area contributed by atoms with E-state index in [2.05, 4.69) is 18.2 Å². The van der Waals surface area contributed by atoms with Crippen LogP contribution in [-0.4, -0.2) is 23.0 Å². The summed E-state index contributed by atoms with van der Waals surface area (Å²) < 4.78 is 0. The molecule has 4 aliphatic carbocycles. The summed E-state index contributed by atoms with van der Waals surface area (Å²) in [4.78, 5) is 24.3. The highest BCUT2D eigenvalue weighted by atomic mass is 16.4. The van der Waals surface area contributed by atoms with Gasteiger partial charge >= 0.3 is 0 Å². The number of hydrogen-bond donors (Lipinski definition) is 1. The first-order valence-electron chi connectivity index (χ1n) is 8.94. The summed E-state index contributed by atoms with van der Waals surface area (Å²) in [6, 6.07) is 0. The van der Waals surface area contributed by atoms with E-state index in [0.29, 0.717) is 42.2 Å². The first-order valence-corrected chi connectivity index (χ1v) is 8.94. The standard InChI is InChI=1S/C19H25NO3/c1-18-8-7-16-14(15(18)4-5-17(18)22)3-2-12-10-13(21)6-9-19(12,16)11-20-23/h2,11,14-16,23H,3-10H2,1H3/t14-,15-,16+,18-,19+/m0/s1. The molecule has 0 unspecified atom stereocenters. The third kappa shape index (κ3) is 1.93. The van der Waals surface area contributed by atoms with Crippen molar-refractivity contribution in [2.45, 2.75) is 58.3 Å². The lowest BCUT2D eigenvalue weighted by Gasteiger charge is -2.55. The molecule has 0 aromatic heterocycles. The van der Waals surface area contributed by atoms with Gasteiger partial charge in [-0.1, -0.05) is 18.6 Å². The number of allylic oxidation sites excluding steroid dienone is 2. The Morgan fingerprint density at radius 3 is 2.83 bits per heavy atom. The van der Waals surface area contributed by atoms with Crippen LogP contribution >= 0.6 is 0 Å². The van der Waals surface area contributed by atoms with E-state index in [1.807, 2.05) is 0 Å². The Balaban J connectivity index is 1.76. The molecule has 0 bridgehead atoms. The van der Waals surface area contributed by atoms with Gasteiger partial charge in [-0.2, -0.15) is 0 Å². The van der Waals surface area contributed by atoms with Gasteiger partial charge in [0, 0.05) is 30.1 Å². The van der Waals surface area contributed by atoms with Gasteiger partial charge in [-0.05, 0) is 49.9 Å². The first kappa shape index (κ1) is 15.1. The van der Waals surface area contributed by atoms with Crippen molar-refractivity contribution >= 4 is 17.8 Å². The lowest BCUT2D eigenvalue weighted by molar-refractivity contribution is -0.131. The van der Waals surface area contributed by atoms with Crippen molar-refractivity contribution in [1.82, 2.24) is 0 Å². The number of Topliss-reactive ketones (excluding diaryl/α,β-unsaturated/α-hetero) is 2. The predicted molar refractivity (Wildman–Crippen MR) is 86.3 cm³/mol. The minimum Gasteiger partial charge on any atom is -0.411 e. The Morgan fingerprint density at radius 1 is 1.22 bits per heavy atom. The Bertz CT molecular complexity index is 622. The van der Waals surface area contributed by atoms with Crippen LogP contribution in [0.5, 0.6) is 0 Å². The summed E-state index contributed by atoms with van der Waals surface area (Å²) in [5.41, 5.74) is 0.772. The maximum absolute atomic E-state index is 12.4. The number of nitrogens with zero attached hydrogens (tertiary/aromatic N) is 1. The minimum absolute atomic E-state index is 0.144. The molecular formula is C19H25NO3. The number of fused-ring (bicyclic) bond motifs is 5. The SMILES string of the molecule is C[C@]12CC[C@@H]3[C@@H](CC=C4CC(=O)CC[C@@]43C=NO)[C@@H]1CCC2=O. The summed E-state index contributed by atoms with van der Waals surface area (Å²) in [6.45, 7) is 2.17. The van der Waals surface area contributed by atoms with E-state index in [4.69, 9.17) is 0 Å². The third-order valence-electron chi connectivity index (χ3n) is 7.54. The van der Waals surface area contributed by atoms with Crippen LogP contribution < -0.4 is 0 Å². The average molecular weight is 315 g/mol. The van der Waals surface area contributed by atoms with Crippen molar-refractivity contribution in [2.75, 3.05) is 0 Å². The van der Waals surface area contributed by atoms with E-state index in [-0.39, 0.29) is 10.8 Å². The third-order valence-corrected chi connectivity index (χ3v) is 7.54. The molecule has 0 heterocycles. The number of ketones is 2. The maximum Gasteiger partial charge on any atom is 0.139 e. The molecular weight excluding hydrogens is 290 g/mol. The van der Waals surface area contributed by atoms with Gasteiger partial charge in [0.15, 0.2) is 0 Å². The number of oxime groups is 1. The zero-order valence-electron chi connectivity index (χ0n) is 13.8. The fraction of sp³-hybridized carbons (Fsp3) is 0.737. The quantitative estimate of drug-likeness (QED) is 0.348. The van der Waals surface area contributed by atoms with Gasteiger partial charge in [-0.25, -0.2) is 0 Å². The molecule has 1 N–H and O–H groups in total. The van der Waals surface area contributed by atoms with Gasteiger partial charge in [-0.15, -0.1) is 5.16 Å². The first-order chi connectivity index (χ1) is 11.0. The van der Waals surface area contributed by atoms with Gasteiger partial charge in [0.1, 0.15) is 11.6 Å². The van der Waals surface area contributed by atoms with Crippen molar-refractivity contribution in [3.63, 3.8) is 0 Å². The average Bonchev–Trinajstić information content (AvgIpc) is 2.84. The minimum atomic E-state index is -0.251. The van der Waals surface area contributed by atoms with Gasteiger partial charge in [0.05, 0.1) is 6.21 Å². The fourth-order valence-corrected chi connectivity index (χ4v) is 6.31. The lowest BCUT2D eigenvalue weighted by Crippen LogP contribution is -2.52. The molecule has 4 heteroatoms. The highest BCUT2D eigenvalue weighted by Gasteiger charge is 2.59. The van der Waals surface area contributed by atoms with E-state index >= 15 is 0 Å². The molecule has 0 saturated heterocycles. The Labute approximate surface area is 137 Å². The number of rotatable bonds is 1. The smallest absolute Gasteiger partial charge is 0.139 e. The molecule has 0 aromatic carbocycles. The molecule has 4 aliphatic rings. The van der Waals surface area contributed by atoms with Gasteiger partial charge < -0.3 is 5.21 Å². The molecule has 5 atom stereocenters. The van der Waals surface area contributed by atoms with Crippen LogP contribution in [0.2, 0.25) is 0 Å². The molecule has 4 nitrogen and oxygen atoms in total. The van der Waals surface area contributed by atoms with E-state index in [1.165, 1.54) is 5.57 Å². The van der Waals surface area contributed by atoms with Crippen LogP contribution in [0.4, 0.5) is 0 Å². The van der Waals surface area contributed by atoms with E-state index < -0.39 is 0 Å². The van der Waals surface area contributed by atoms with Crippen LogP contribution in [0.3, 0.4) is 0 Å². The summed E-state index contributed by atoms with van der Waals surface area (Å²) in [5, 5.41) is 12.7. The van der Waals surface area contributed by atoms with Gasteiger partial charge in [-0.3, -0.25) is 9.59 Å². The Hall–Kier alpha value is -1.45. The number of carbonyl (C=O) groups excluding carboxylic acids is 2. The summed E-state index contributed by atoms with van der Waals surface area (Å²) in [7, 11) is 0. The Kier molecular flexibility index (Phi) is 3.30. The molecule has 0 aromatic rings. The molecule has 124 valence electrons. The topological polar surface area (TPSA) is 66.7 Å². The largest absolute Gasteiger partial charge is 0.411 e. The van der Waals surface area contributed by atoms with Crippen molar-refractivity contribution in [1.29, 1.82) is 0 Å². The van der Waals surface area contributed by atoms with Gasteiger partial charge in [0.2, 0.25) is 0 Å². The second-order valence-electron chi connectivity index (χ2n) is 8.26. The Morgan fingerprint density at radius 2 is 2.04 bits per heavy atom. The maximum atomic E-state index is 12.4. The second-order valence-corrected chi connectivity index (χ2v) is 8.26. The van der Waals surface area contributed by atoms with Crippen LogP contribution in [0, 0.1) is 28.6 Å². The second kappa shape index (κ2) is 5.02. The molecule has 0 spiro atoms. The van der Waals surface area contributed by atoms with Crippen LogP contribution in [-0.2, 0) is 9.59 Å². The van der Waals surface area contributed by atoms with Crippen molar-refractivity contribution in [3.8, 4) is 0 Å².